The first-order valence-electron chi connectivity index (χ1n) is 9.31. The van der Waals surface area contributed by atoms with E-state index in [-0.39, 0.29) is 0 Å². The van der Waals surface area contributed by atoms with Crippen molar-refractivity contribution in [3.8, 4) is 0 Å². The molecule has 0 saturated heterocycles. The number of benzene rings is 2. The number of hydrogen-bond donors (Lipinski definition) is 4. The zero-order chi connectivity index (χ0) is 18.9. The van der Waals surface area contributed by atoms with E-state index in [1.807, 2.05) is 24.3 Å². The van der Waals surface area contributed by atoms with Gasteiger partial charge in [-0.3, -0.25) is 0 Å². The predicted octanol–water partition coefficient (Wildman–Crippen LogP) is 5.92. The Morgan fingerprint density at radius 2 is 1.00 bits per heavy atom. The average molecular weight is 371 g/mol. The van der Waals surface area contributed by atoms with Gasteiger partial charge in [-0.2, -0.15) is 0 Å². The first-order chi connectivity index (χ1) is 12.5. The second kappa shape index (κ2) is 10.0. The molecule has 0 aliphatic heterocycles. The van der Waals surface area contributed by atoms with E-state index >= 15 is 0 Å². The summed E-state index contributed by atoms with van der Waals surface area (Å²) in [6, 6.07) is 17.3. The molecule has 0 aliphatic carbocycles. The van der Waals surface area contributed by atoms with Crippen molar-refractivity contribution < 1.29 is 0 Å². The minimum Gasteiger partial charge on any atom is -0.383 e. The Bertz CT molecular complexity index is 623. The Balaban J connectivity index is 1.86. The summed E-state index contributed by atoms with van der Waals surface area (Å²) < 4.78 is 0. The van der Waals surface area contributed by atoms with Crippen molar-refractivity contribution in [3.63, 3.8) is 0 Å². The van der Waals surface area contributed by atoms with E-state index in [4.69, 9.17) is 12.2 Å². The van der Waals surface area contributed by atoms with E-state index < -0.39 is 0 Å². The standard InChI is InChI=1S/C21H30N4S/c1-5-15(3)22-17-7-11-19(12-8-17)24-21(26)25-20-13-9-18(10-14-20)23-16(4)6-2/h7-16,22-23H,5-6H2,1-4H3,(H2,24,25,26)/t15-,16-/m0/s1. The Kier molecular flexibility index (Phi) is 7.73. The lowest BCUT2D eigenvalue weighted by molar-refractivity contribution is 0.764. The van der Waals surface area contributed by atoms with Gasteiger partial charge >= 0.3 is 0 Å². The number of nitrogens with one attached hydrogen (secondary N) is 4. The van der Waals surface area contributed by atoms with Gasteiger partial charge in [0, 0.05) is 34.8 Å². The summed E-state index contributed by atoms with van der Waals surface area (Å²) in [6.45, 7) is 8.69. The fraction of sp³-hybridized carbons (Fsp3) is 0.381. The predicted molar refractivity (Wildman–Crippen MR) is 119 cm³/mol. The van der Waals surface area contributed by atoms with Gasteiger partial charge in [-0.1, -0.05) is 13.8 Å². The maximum Gasteiger partial charge on any atom is 0.175 e. The van der Waals surface area contributed by atoms with Gasteiger partial charge in [-0.05, 0) is 87.4 Å². The number of thiocarbonyl (C=S) groups is 1. The van der Waals surface area contributed by atoms with Crippen molar-refractivity contribution >= 4 is 40.1 Å². The summed E-state index contributed by atoms with van der Waals surface area (Å²) in [6.07, 6.45) is 2.19. The smallest absolute Gasteiger partial charge is 0.175 e. The lowest BCUT2D eigenvalue weighted by Crippen LogP contribution is -2.19. The van der Waals surface area contributed by atoms with Crippen molar-refractivity contribution in [2.45, 2.75) is 52.6 Å². The maximum atomic E-state index is 5.41. The molecule has 26 heavy (non-hydrogen) atoms. The minimum absolute atomic E-state index is 0.467. The van der Waals surface area contributed by atoms with E-state index in [2.05, 4.69) is 73.2 Å². The van der Waals surface area contributed by atoms with Crippen molar-refractivity contribution in [2.75, 3.05) is 21.3 Å². The van der Waals surface area contributed by atoms with Gasteiger partial charge in [-0.25, -0.2) is 0 Å². The van der Waals surface area contributed by atoms with Gasteiger partial charge in [0.1, 0.15) is 0 Å². The van der Waals surface area contributed by atoms with Crippen LogP contribution in [0.25, 0.3) is 0 Å². The van der Waals surface area contributed by atoms with Gasteiger partial charge in [0.05, 0.1) is 0 Å². The van der Waals surface area contributed by atoms with Crippen LogP contribution in [0.4, 0.5) is 22.7 Å². The van der Waals surface area contributed by atoms with Crippen LogP contribution in [0.2, 0.25) is 0 Å². The normalized spacial score (nSPS) is 12.8. The van der Waals surface area contributed by atoms with Crippen LogP contribution in [-0.2, 0) is 0 Å². The number of rotatable bonds is 8. The molecule has 2 rings (SSSR count). The molecule has 4 N–H and O–H groups in total. The van der Waals surface area contributed by atoms with E-state index in [9.17, 15) is 0 Å². The monoisotopic (exact) mass is 370 g/mol. The molecular weight excluding hydrogens is 340 g/mol. The Labute approximate surface area is 162 Å². The van der Waals surface area contributed by atoms with E-state index in [0.717, 1.165) is 35.6 Å². The Morgan fingerprint density at radius 1 is 0.692 bits per heavy atom. The third-order valence-electron chi connectivity index (χ3n) is 4.34. The highest BCUT2D eigenvalue weighted by atomic mass is 32.1. The highest BCUT2D eigenvalue weighted by Crippen LogP contribution is 2.17. The topological polar surface area (TPSA) is 48.1 Å². The van der Waals surface area contributed by atoms with Crippen LogP contribution in [0.5, 0.6) is 0 Å². The van der Waals surface area contributed by atoms with Crippen molar-refractivity contribution in [3.05, 3.63) is 48.5 Å². The summed E-state index contributed by atoms with van der Waals surface area (Å²) in [5.74, 6) is 0. The molecule has 0 amide bonds. The molecule has 0 bridgehead atoms. The molecule has 2 aromatic carbocycles. The third-order valence-corrected chi connectivity index (χ3v) is 4.54. The lowest BCUT2D eigenvalue weighted by atomic mass is 10.2. The number of hydrogen-bond acceptors (Lipinski definition) is 3. The zero-order valence-corrected chi connectivity index (χ0v) is 16.9. The molecule has 0 heterocycles. The highest BCUT2D eigenvalue weighted by Gasteiger charge is 2.03. The molecule has 0 aliphatic rings. The molecule has 0 saturated carbocycles. The molecule has 0 radical (unpaired) electrons. The van der Waals surface area contributed by atoms with Gasteiger partial charge in [0.2, 0.25) is 0 Å². The Hall–Kier alpha value is -2.27. The van der Waals surface area contributed by atoms with Crippen molar-refractivity contribution in [1.82, 2.24) is 0 Å². The highest BCUT2D eigenvalue weighted by molar-refractivity contribution is 7.80. The summed E-state index contributed by atoms with van der Waals surface area (Å²) in [5.41, 5.74) is 4.17. The molecule has 5 heteroatoms. The lowest BCUT2D eigenvalue weighted by Gasteiger charge is -2.15. The second-order valence-electron chi connectivity index (χ2n) is 6.64. The second-order valence-corrected chi connectivity index (χ2v) is 7.05. The van der Waals surface area contributed by atoms with E-state index in [0.29, 0.717) is 17.2 Å². The molecule has 0 spiro atoms. The first-order valence-corrected chi connectivity index (χ1v) is 9.72. The summed E-state index contributed by atoms with van der Waals surface area (Å²) in [4.78, 5) is 0. The SMILES string of the molecule is CC[C@H](C)Nc1ccc(NC(=S)Nc2ccc(N[C@@H](C)CC)cc2)cc1. The fourth-order valence-corrected chi connectivity index (χ4v) is 2.60. The van der Waals surface area contributed by atoms with Gasteiger partial charge in [0.25, 0.3) is 0 Å². The minimum atomic E-state index is 0.467. The van der Waals surface area contributed by atoms with Crippen LogP contribution >= 0.6 is 12.2 Å². The van der Waals surface area contributed by atoms with Crippen LogP contribution in [-0.4, -0.2) is 17.2 Å². The summed E-state index contributed by atoms with van der Waals surface area (Å²) >= 11 is 5.41. The average Bonchev–Trinajstić information content (AvgIpc) is 2.64. The third kappa shape index (κ3) is 6.56. The summed E-state index contributed by atoms with van der Waals surface area (Å²) in [5, 5.41) is 13.9. The molecule has 0 aromatic heterocycles. The largest absolute Gasteiger partial charge is 0.383 e. The van der Waals surface area contributed by atoms with Crippen molar-refractivity contribution in [1.29, 1.82) is 0 Å². The van der Waals surface area contributed by atoms with Crippen LogP contribution in [0.3, 0.4) is 0 Å². The van der Waals surface area contributed by atoms with E-state index in [1.165, 1.54) is 0 Å². The zero-order valence-electron chi connectivity index (χ0n) is 16.1. The first kappa shape index (κ1) is 20.0. The van der Waals surface area contributed by atoms with E-state index in [1.54, 1.807) is 0 Å². The van der Waals surface area contributed by atoms with Gasteiger partial charge < -0.3 is 21.3 Å². The maximum absolute atomic E-state index is 5.41. The molecule has 4 nitrogen and oxygen atoms in total. The molecule has 2 aromatic rings. The summed E-state index contributed by atoms with van der Waals surface area (Å²) in [7, 11) is 0. The van der Waals surface area contributed by atoms with Crippen LogP contribution in [0.15, 0.2) is 48.5 Å². The van der Waals surface area contributed by atoms with Crippen LogP contribution in [0, 0.1) is 0 Å². The van der Waals surface area contributed by atoms with Crippen LogP contribution < -0.4 is 21.3 Å². The van der Waals surface area contributed by atoms with Crippen molar-refractivity contribution in [2.24, 2.45) is 0 Å². The van der Waals surface area contributed by atoms with Crippen LogP contribution in [0.1, 0.15) is 40.5 Å². The number of anilines is 4. The Morgan fingerprint density at radius 3 is 1.31 bits per heavy atom. The molecule has 140 valence electrons. The quantitative estimate of drug-likeness (QED) is 0.435. The molecule has 0 unspecified atom stereocenters. The molecule has 2 atom stereocenters. The van der Waals surface area contributed by atoms with Gasteiger partial charge in [-0.15, -0.1) is 0 Å². The fourth-order valence-electron chi connectivity index (χ4n) is 2.37. The molecular formula is C21H30N4S. The van der Waals surface area contributed by atoms with Gasteiger partial charge in [0.15, 0.2) is 5.11 Å². The molecule has 0 fully saturated rings.